The zero-order valence-electron chi connectivity index (χ0n) is 11.1. The number of ketones is 1. The lowest BCUT2D eigenvalue weighted by molar-refractivity contribution is 0.0939. The molecule has 2 aromatic heterocycles. The second-order valence-electron chi connectivity index (χ2n) is 4.81. The first-order chi connectivity index (χ1) is 8.60. The second kappa shape index (κ2) is 5.53. The highest BCUT2D eigenvalue weighted by molar-refractivity contribution is 7.11. The maximum atomic E-state index is 11.8. The average Bonchev–Trinajstić information content (AvgIpc) is 2.97. The number of aromatic nitrogens is 1. The van der Waals surface area contributed by atoms with Gasteiger partial charge in [0.2, 0.25) is 0 Å². The predicted octanol–water partition coefficient (Wildman–Crippen LogP) is 4.00. The third kappa shape index (κ3) is 2.91. The summed E-state index contributed by atoms with van der Waals surface area (Å²) < 4.78 is 2.08. The number of Topliss-reactive ketones (excluding diaryl/α,β-unsaturated/α-hetero) is 1. The quantitative estimate of drug-likeness (QED) is 0.746. The summed E-state index contributed by atoms with van der Waals surface area (Å²) in [5, 5.41) is 0. The first-order valence-corrected chi connectivity index (χ1v) is 7.19. The van der Waals surface area contributed by atoms with E-state index in [4.69, 9.17) is 0 Å². The molecule has 0 amide bonds. The molecule has 0 N–H and O–H groups in total. The fraction of sp³-hybridized carbons (Fsp3) is 0.400. The van der Waals surface area contributed by atoms with Crippen molar-refractivity contribution in [3.05, 3.63) is 45.9 Å². The fourth-order valence-electron chi connectivity index (χ4n) is 1.90. The molecule has 18 heavy (non-hydrogen) atoms. The molecule has 0 atom stereocenters. The van der Waals surface area contributed by atoms with Crippen LogP contribution in [-0.4, -0.2) is 10.4 Å². The molecule has 0 aromatic carbocycles. The molecule has 3 heteroatoms. The van der Waals surface area contributed by atoms with E-state index in [0.29, 0.717) is 0 Å². The van der Waals surface area contributed by atoms with Gasteiger partial charge in [-0.25, -0.2) is 0 Å². The largest absolute Gasteiger partial charge is 0.348 e. The summed E-state index contributed by atoms with van der Waals surface area (Å²) in [7, 11) is 0. The average molecular weight is 261 g/mol. The van der Waals surface area contributed by atoms with Gasteiger partial charge in [0.05, 0.1) is 6.54 Å². The molecule has 96 valence electrons. The Morgan fingerprint density at radius 1 is 1.28 bits per heavy atom. The Morgan fingerprint density at radius 2 is 2.00 bits per heavy atom. The lowest BCUT2D eigenvalue weighted by atomic mass is 10.0. The van der Waals surface area contributed by atoms with Gasteiger partial charge in [-0.15, -0.1) is 11.3 Å². The molecule has 0 radical (unpaired) electrons. The minimum atomic E-state index is 0.0641. The van der Waals surface area contributed by atoms with Gasteiger partial charge in [0.15, 0.2) is 5.78 Å². The van der Waals surface area contributed by atoms with Crippen molar-refractivity contribution in [3.8, 4) is 0 Å². The van der Waals surface area contributed by atoms with Crippen LogP contribution in [0.1, 0.15) is 40.9 Å². The van der Waals surface area contributed by atoms with E-state index in [-0.39, 0.29) is 11.7 Å². The van der Waals surface area contributed by atoms with Gasteiger partial charge in [0.1, 0.15) is 0 Å². The van der Waals surface area contributed by atoms with E-state index in [9.17, 15) is 4.79 Å². The Hall–Kier alpha value is -1.35. The van der Waals surface area contributed by atoms with E-state index >= 15 is 0 Å². The number of aryl methyl sites for hydroxylation is 1. The molecular weight excluding hydrogens is 242 g/mol. The molecule has 2 aromatic rings. The molecule has 0 spiro atoms. The van der Waals surface area contributed by atoms with E-state index in [1.165, 1.54) is 9.75 Å². The Balaban J connectivity index is 2.08. The van der Waals surface area contributed by atoms with Gasteiger partial charge in [-0.3, -0.25) is 4.79 Å². The molecule has 0 saturated heterocycles. The van der Waals surface area contributed by atoms with Crippen LogP contribution >= 0.6 is 11.3 Å². The van der Waals surface area contributed by atoms with Crippen molar-refractivity contribution in [2.75, 3.05) is 0 Å². The monoisotopic (exact) mass is 261 g/mol. The number of thiophene rings is 1. The summed E-state index contributed by atoms with van der Waals surface area (Å²) in [4.78, 5) is 14.6. The number of rotatable bonds is 5. The summed E-state index contributed by atoms with van der Waals surface area (Å²) in [6, 6.07) is 6.27. The van der Waals surface area contributed by atoms with Crippen molar-refractivity contribution in [1.82, 2.24) is 4.57 Å². The Kier molecular flexibility index (Phi) is 4.02. The first-order valence-electron chi connectivity index (χ1n) is 6.37. The lowest BCUT2D eigenvalue weighted by Gasteiger charge is -2.01. The van der Waals surface area contributed by atoms with Crippen LogP contribution in [0.4, 0.5) is 0 Å². The summed E-state index contributed by atoms with van der Waals surface area (Å²) in [5.41, 5.74) is 0.817. The van der Waals surface area contributed by atoms with Crippen molar-refractivity contribution in [1.29, 1.82) is 0 Å². The second-order valence-corrected chi connectivity index (χ2v) is 6.07. The number of carbonyl (C=O) groups is 1. The van der Waals surface area contributed by atoms with E-state index in [0.717, 1.165) is 18.5 Å². The van der Waals surface area contributed by atoms with Gasteiger partial charge in [0.25, 0.3) is 0 Å². The Bertz CT molecular complexity index is 536. The van der Waals surface area contributed by atoms with Crippen LogP contribution in [0.15, 0.2) is 30.6 Å². The maximum absolute atomic E-state index is 11.8. The van der Waals surface area contributed by atoms with E-state index in [1.807, 2.05) is 43.6 Å². The van der Waals surface area contributed by atoms with Gasteiger partial charge < -0.3 is 4.57 Å². The third-order valence-electron chi connectivity index (χ3n) is 2.96. The van der Waals surface area contributed by atoms with Crippen LogP contribution in [0.2, 0.25) is 0 Å². The van der Waals surface area contributed by atoms with E-state index < -0.39 is 0 Å². The zero-order chi connectivity index (χ0) is 13.1. The first kappa shape index (κ1) is 13.1. The normalized spacial score (nSPS) is 11.1. The third-order valence-corrected chi connectivity index (χ3v) is 4.18. The molecule has 0 fully saturated rings. The molecule has 2 rings (SSSR count). The molecule has 0 aliphatic rings. The number of hydrogen-bond donors (Lipinski definition) is 0. The Morgan fingerprint density at radius 3 is 2.61 bits per heavy atom. The topological polar surface area (TPSA) is 22.0 Å². The highest BCUT2D eigenvalue weighted by Gasteiger charge is 2.11. The number of nitrogens with zero attached hydrogens (tertiary/aromatic N) is 1. The SMILES string of the molecule is CCc1ccc(Cn2ccc(C(=O)C(C)C)c2)s1. The minimum Gasteiger partial charge on any atom is -0.348 e. The van der Waals surface area contributed by atoms with Gasteiger partial charge >= 0.3 is 0 Å². The molecule has 0 aliphatic heterocycles. The van der Waals surface area contributed by atoms with Crippen molar-refractivity contribution < 1.29 is 4.79 Å². The molecule has 0 unspecified atom stereocenters. The highest BCUT2D eigenvalue weighted by Crippen LogP contribution is 2.19. The van der Waals surface area contributed by atoms with Crippen LogP contribution in [0.5, 0.6) is 0 Å². The van der Waals surface area contributed by atoms with Crippen LogP contribution in [0.25, 0.3) is 0 Å². The van der Waals surface area contributed by atoms with Gasteiger partial charge in [-0.1, -0.05) is 20.8 Å². The summed E-state index contributed by atoms with van der Waals surface area (Å²) >= 11 is 1.85. The van der Waals surface area contributed by atoms with E-state index in [1.54, 1.807) is 0 Å². The van der Waals surface area contributed by atoms with Gasteiger partial charge in [0, 0.05) is 33.6 Å². The van der Waals surface area contributed by atoms with Crippen LogP contribution in [0.3, 0.4) is 0 Å². The molecular formula is C15H19NOS. The summed E-state index contributed by atoms with van der Waals surface area (Å²) in [6.07, 6.45) is 5.03. The van der Waals surface area contributed by atoms with Gasteiger partial charge in [-0.2, -0.15) is 0 Å². The van der Waals surface area contributed by atoms with Crippen molar-refractivity contribution in [2.45, 2.75) is 33.7 Å². The number of carbonyl (C=O) groups excluding carboxylic acids is 1. The lowest BCUT2D eigenvalue weighted by Crippen LogP contribution is -2.06. The molecule has 2 nitrogen and oxygen atoms in total. The highest BCUT2D eigenvalue weighted by atomic mass is 32.1. The minimum absolute atomic E-state index is 0.0641. The van der Waals surface area contributed by atoms with Crippen LogP contribution in [0, 0.1) is 5.92 Å². The molecule has 0 bridgehead atoms. The predicted molar refractivity (Wildman–Crippen MR) is 76.4 cm³/mol. The molecule has 0 saturated carbocycles. The molecule has 0 aliphatic carbocycles. The smallest absolute Gasteiger partial charge is 0.166 e. The number of hydrogen-bond acceptors (Lipinski definition) is 2. The zero-order valence-corrected chi connectivity index (χ0v) is 12.0. The van der Waals surface area contributed by atoms with Crippen molar-refractivity contribution >= 4 is 17.1 Å². The van der Waals surface area contributed by atoms with Crippen LogP contribution in [-0.2, 0) is 13.0 Å². The van der Waals surface area contributed by atoms with E-state index in [2.05, 4.69) is 23.6 Å². The Labute approximate surface area is 112 Å². The van der Waals surface area contributed by atoms with Crippen molar-refractivity contribution in [3.63, 3.8) is 0 Å². The van der Waals surface area contributed by atoms with Crippen molar-refractivity contribution in [2.24, 2.45) is 5.92 Å². The van der Waals surface area contributed by atoms with Crippen LogP contribution < -0.4 is 0 Å². The maximum Gasteiger partial charge on any atom is 0.166 e. The molecule has 2 heterocycles. The summed E-state index contributed by atoms with van der Waals surface area (Å²) in [5.74, 6) is 0.281. The summed E-state index contributed by atoms with van der Waals surface area (Å²) in [6.45, 7) is 6.90. The standard InChI is InChI=1S/C15H19NOS/c1-4-13-5-6-14(18-13)10-16-8-7-12(9-16)15(17)11(2)3/h5-9,11H,4,10H2,1-3H3. The fourth-order valence-corrected chi connectivity index (χ4v) is 2.86. The van der Waals surface area contributed by atoms with Gasteiger partial charge in [-0.05, 0) is 24.6 Å².